The lowest BCUT2D eigenvalue weighted by Gasteiger charge is -2.11. The molecule has 0 heterocycles. The molecule has 0 spiro atoms. The van der Waals surface area contributed by atoms with Crippen molar-refractivity contribution >= 4 is 13.6 Å². The van der Waals surface area contributed by atoms with E-state index >= 15 is 0 Å². The Morgan fingerprint density at radius 3 is 1.67 bits per heavy atom. The Hall–Kier alpha value is -1.74. The molecule has 2 aromatic rings. The molecule has 0 unspecified atom stereocenters. The Kier molecular flexibility index (Phi) is 3.13. The third kappa shape index (κ3) is 2.46. The maximum Gasteiger partial charge on any atom is 0.292 e. The van der Waals surface area contributed by atoms with E-state index in [1.165, 1.54) is 0 Å². The lowest BCUT2D eigenvalue weighted by Crippen LogP contribution is -2.23. The minimum Gasteiger partial charge on any atom is -0.197 e. The molecule has 0 bridgehead atoms. The van der Waals surface area contributed by atoms with Crippen LogP contribution in [0, 0.1) is 0 Å². The van der Waals surface area contributed by atoms with Crippen LogP contribution in [0.25, 0.3) is 16.7 Å². The molecule has 1 aliphatic rings. The quantitative estimate of drug-likeness (QED) is 0.644. The van der Waals surface area contributed by atoms with Gasteiger partial charge in [0.2, 0.25) is 0 Å². The molecule has 0 nitrogen and oxygen atoms in total. The van der Waals surface area contributed by atoms with Crippen LogP contribution in [-0.4, -0.2) is 14.0 Å². The highest BCUT2D eigenvalue weighted by Gasteiger charge is 2.60. The number of hydrogen-bond donors (Lipinski definition) is 0. The average Bonchev–Trinajstić information content (AvgIpc) is 3.03. The summed E-state index contributed by atoms with van der Waals surface area (Å²) in [6.07, 6.45) is 0. The zero-order valence-corrected chi connectivity index (χ0v) is 13.5. The van der Waals surface area contributed by atoms with Crippen molar-refractivity contribution in [2.24, 2.45) is 0 Å². The monoisotopic (exact) mass is 300 g/mol. The van der Waals surface area contributed by atoms with Crippen molar-refractivity contribution in [3.63, 3.8) is 0 Å². The molecule has 0 saturated carbocycles. The molecule has 0 aliphatic heterocycles. The van der Waals surface area contributed by atoms with Crippen LogP contribution in [0.15, 0.2) is 59.8 Å². The van der Waals surface area contributed by atoms with Crippen LogP contribution in [0.1, 0.15) is 5.56 Å². The first-order chi connectivity index (χ1) is 9.82. The Morgan fingerprint density at radius 2 is 1.19 bits per heavy atom. The van der Waals surface area contributed by atoms with E-state index in [9.17, 15) is 8.78 Å². The molecule has 0 radical (unpaired) electrons. The first-order valence-electron chi connectivity index (χ1n) is 7.11. The summed E-state index contributed by atoms with van der Waals surface area (Å²) in [7, 11) is -1.95. The number of rotatable bonds is 3. The molecule has 2 aromatic carbocycles. The highest BCUT2D eigenvalue weighted by Crippen LogP contribution is 2.58. The van der Waals surface area contributed by atoms with Gasteiger partial charge < -0.3 is 0 Å². The van der Waals surface area contributed by atoms with E-state index in [2.05, 4.69) is 0 Å². The van der Waals surface area contributed by atoms with Crippen LogP contribution < -0.4 is 0 Å². The van der Waals surface area contributed by atoms with E-state index in [0.717, 1.165) is 11.1 Å². The van der Waals surface area contributed by atoms with E-state index in [1.807, 2.05) is 74.2 Å². The first kappa shape index (κ1) is 14.2. The Morgan fingerprint density at radius 1 is 0.714 bits per heavy atom. The molecule has 3 heteroatoms. The number of allylic oxidation sites excluding steroid dienone is 2. The number of hydrogen-bond acceptors (Lipinski definition) is 0. The Labute approximate surface area is 125 Å². The molecule has 0 N–H and O–H groups in total. The number of halogens is 2. The second-order valence-electron chi connectivity index (χ2n) is 6.52. The zero-order chi connectivity index (χ0) is 15.3. The van der Waals surface area contributed by atoms with Gasteiger partial charge in [-0.2, -0.15) is 8.78 Å². The predicted octanol–water partition coefficient (Wildman–Crippen LogP) is 5.63. The van der Waals surface area contributed by atoms with Crippen molar-refractivity contribution in [3.8, 4) is 11.1 Å². The van der Waals surface area contributed by atoms with Gasteiger partial charge in [0.05, 0.1) is 8.07 Å². The summed E-state index contributed by atoms with van der Waals surface area (Å²) in [6, 6.07) is 17.4. The van der Waals surface area contributed by atoms with E-state index < -0.39 is 14.0 Å². The number of benzene rings is 2. The summed E-state index contributed by atoms with van der Waals surface area (Å²) in [6.45, 7) is 5.92. The second-order valence-corrected chi connectivity index (χ2v) is 11.5. The van der Waals surface area contributed by atoms with Crippen LogP contribution >= 0.6 is 0 Å². The maximum absolute atomic E-state index is 14.0. The van der Waals surface area contributed by atoms with Crippen molar-refractivity contribution in [1.82, 2.24) is 0 Å². The van der Waals surface area contributed by atoms with Gasteiger partial charge in [-0.3, -0.25) is 0 Å². The summed E-state index contributed by atoms with van der Waals surface area (Å²) in [5.41, 5.74) is 3.09. The minimum absolute atomic E-state index is 0.265. The third-order valence-corrected chi connectivity index (χ3v) is 5.91. The molecule has 108 valence electrons. The van der Waals surface area contributed by atoms with Crippen LogP contribution in [-0.2, 0) is 0 Å². The standard InChI is InChI=1S/C18H18F2Si/c1-21(2,3)17-16(18(17,19)20)15-11-9-14(10-12-15)13-7-5-4-6-8-13/h4-12H,1-3H3. The fourth-order valence-electron chi connectivity index (χ4n) is 2.87. The van der Waals surface area contributed by atoms with Gasteiger partial charge in [-0.05, 0) is 16.7 Å². The third-order valence-electron chi connectivity index (χ3n) is 3.85. The molecule has 21 heavy (non-hydrogen) atoms. The van der Waals surface area contributed by atoms with Crippen LogP contribution in [0.5, 0.6) is 0 Å². The molecule has 3 rings (SSSR count). The predicted molar refractivity (Wildman–Crippen MR) is 87.1 cm³/mol. The minimum atomic E-state index is -2.68. The highest BCUT2D eigenvalue weighted by molar-refractivity contribution is 6.86. The molecule has 0 fully saturated rings. The van der Waals surface area contributed by atoms with Crippen LogP contribution in [0.4, 0.5) is 8.78 Å². The van der Waals surface area contributed by atoms with E-state index in [-0.39, 0.29) is 5.57 Å². The van der Waals surface area contributed by atoms with Crippen molar-refractivity contribution in [1.29, 1.82) is 0 Å². The lowest BCUT2D eigenvalue weighted by molar-refractivity contribution is 0.154. The van der Waals surface area contributed by atoms with Gasteiger partial charge in [0, 0.05) is 10.8 Å². The van der Waals surface area contributed by atoms with Crippen molar-refractivity contribution < 1.29 is 8.78 Å². The summed E-state index contributed by atoms with van der Waals surface area (Å²) in [5.74, 6) is -2.68. The summed E-state index contributed by atoms with van der Waals surface area (Å²) in [4.78, 5) is 0. The summed E-state index contributed by atoms with van der Waals surface area (Å²) in [5, 5.41) is 0.405. The fourth-order valence-corrected chi connectivity index (χ4v) is 4.92. The normalized spacial score (nSPS) is 17.0. The van der Waals surface area contributed by atoms with E-state index in [4.69, 9.17) is 0 Å². The topological polar surface area (TPSA) is 0 Å². The van der Waals surface area contributed by atoms with Gasteiger partial charge in [-0.1, -0.05) is 74.2 Å². The molecule has 1 aliphatic carbocycles. The van der Waals surface area contributed by atoms with Gasteiger partial charge in [0.15, 0.2) is 0 Å². The summed E-state index contributed by atoms with van der Waals surface area (Å²) < 4.78 is 28.1. The maximum atomic E-state index is 14.0. The van der Waals surface area contributed by atoms with Crippen molar-refractivity contribution in [2.45, 2.75) is 25.6 Å². The Balaban J connectivity index is 1.95. The SMILES string of the molecule is C[Si](C)(C)C1=C(c2ccc(-c3ccccc3)cc2)C1(F)F. The van der Waals surface area contributed by atoms with Crippen molar-refractivity contribution in [3.05, 3.63) is 65.4 Å². The molecule has 0 amide bonds. The smallest absolute Gasteiger partial charge is 0.197 e. The molecular formula is C18H18F2Si. The molecule has 0 atom stereocenters. The Bertz CT molecular complexity index is 692. The first-order valence-corrected chi connectivity index (χ1v) is 10.6. The highest BCUT2D eigenvalue weighted by atomic mass is 28.3. The fraction of sp³-hybridized carbons (Fsp3) is 0.222. The van der Waals surface area contributed by atoms with Gasteiger partial charge in [-0.25, -0.2) is 0 Å². The van der Waals surface area contributed by atoms with E-state index in [0.29, 0.717) is 10.8 Å². The molecule has 0 saturated heterocycles. The second kappa shape index (κ2) is 4.63. The van der Waals surface area contributed by atoms with Crippen LogP contribution in [0.3, 0.4) is 0 Å². The number of alkyl halides is 2. The van der Waals surface area contributed by atoms with Gasteiger partial charge in [-0.15, -0.1) is 0 Å². The van der Waals surface area contributed by atoms with Gasteiger partial charge in [0.1, 0.15) is 0 Å². The average molecular weight is 300 g/mol. The lowest BCUT2D eigenvalue weighted by atomic mass is 10.0. The van der Waals surface area contributed by atoms with Crippen molar-refractivity contribution in [2.75, 3.05) is 0 Å². The van der Waals surface area contributed by atoms with Gasteiger partial charge in [0.25, 0.3) is 5.92 Å². The zero-order valence-electron chi connectivity index (χ0n) is 12.5. The summed E-state index contributed by atoms with van der Waals surface area (Å²) >= 11 is 0. The van der Waals surface area contributed by atoms with Crippen LogP contribution in [0.2, 0.25) is 19.6 Å². The van der Waals surface area contributed by atoms with Gasteiger partial charge >= 0.3 is 0 Å². The largest absolute Gasteiger partial charge is 0.292 e. The molecule has 0 aromatic heterocycles. The van der Waals surface area contributed by atoms with E-state index in [1.54, 1.807) is 0 Å². The molecular weight excluding hydrogens is 282 g/mol.